The second kappa shape index (κ2) is 9.15. The lowest BCUT2D eigenvalue weighted by Gasteiger charge is -2.31. The number of rotatable bonds is 6. The molecule has 1 atom stereocenters. The SMILES string of the molecule is COc1ccc(OC)c(S(=O)(=O)N2CCC[C@H](C(=O)Nc3ccc(F)c(F)c3F)C2)c1. The van der Waals surface area contributed by atoms with Gasteiger partial charge in [0.2, 0.25) is 15.9 Å². The van der Waals surface area contributed by atoms with Crippen molar-refractivity contribution in [2.24, 2.45) is 5.92 Å². The molecule has 1 heterocycles. The van der Waals surface area contributed by atoms with Gasteiger partial charge in [0.05, 0.1) is 25.8 Å². The first-order valence-electron chi connectivity index (χ1n) is 9.35. The summed E-state index contributed by atoms with van der Waals surface area (Å²) in [6.45, 7) is 0.00580. The van der Waals surface area contributed by atoms with E-state index in [2.05, 4.69) is 5.32 Å². The number of carbonyl (C=O) groups excluding carboxylic acids is 1. The van der Waals surface area contributed by atoms with Crippen molar-refractivity contribution in [2.45, 2.75) is 17.7 Å². The molecular formula is C20H21F3N2O5S. The minimum absolute atomic E-state index is 0.109. The number of carbonyl (C=O) groups is 1. The molecule has 7 nitrogen and oxygen atoms in total. The summed E-state index contributed by atoms with van der Waals surface area (Å²) >= 11 is 0. The Kier molecular flexibility index (Phi) is 6.75. The van der Waals surface area contributed by atoms with Crippen LogP contribution in [0.5, 0.6) is 11.5 Å². The molecule has 1 amide bonds. The van der Waals surface area contributed by atoms with Crippen LogP contribution in [0.25, 0.3) is 0 Å². The lowest BCUT2D eigenvalue weighted by Crippen LogP contribution is -2.43. The molecule has 0 saturated carbocycles. The third-order valence-electron chi connectivity index (χ3n) is 5.04. The second-order valence-corrected chi connectivity index (χ2v) is 8.84. The fraction of sp³-hybridized carbons (Fsp3) is 0.350. The first-order valence-corrected chi connectivity index (χ1v) is 10.8. The zero-order valence-electron chi connectivity index (χ0n) is 16.8. The molecule has 0 unspecified atom stereocenters. The van der Waals surface area contributed by atoms with Gasteiger partial charge in [-0.3, -0.25) is 4.79 Å². The molecule has 2 aromatic carbocycles. The third-order valence-corrected chi connectivity index (χ3v) is 6.92. The molecule has 1 saturated heterocycles. The second-order valence-electron chi connectivity index (χ2n) is 6.93. The highest BCUT2D eigenvalue weighted by molar-refractivity contribution is 7.89. The van der Waals surface area contributed by atoms with Crippen molar-refractivity contribution in [1.82, 2.24) is 4.31 Å². The van der Waals surface area contributed by atoms with E-state index in [-0.39, 0.29) is 23.7 Å². The van der Waals surface area contributed by atoms with Gasteiger partial charge in [-0.1, -0.05) is 0 Å². The van der Waals surface area contributed by atoms with Crippen LogP contribution in [0.15, 0.2) is 35.2 Å². The quantitative estimate of drug-likeness (QED) is 0.673. The Morgan fingerprint density at radius 2 is 1.84 bits per heavy atom. The van der Waals surface area contributed by atoms with Crippen LogP contribution in [0.2, 0.25) is 0 Å². The van der Waals surface area contributed by atoms with Crippen LogP contribution in [0.1, 0.15) is 12.8 Å². The molecule has 1 aliphatic rings. The van der Waals surface area contributed by atoms with Gasteiger partial charge < -0.3 is 14.8 Å². The highest BCUT2D eigenvalue weighted by atomic mass is 32.2. The molecule has 0 aliphatic carbocycles. The number of amides is 1. The number of anilines is 1. The Hall–Kier alpha value is -2.79. The molecule has 0 aromatic heterocycles. The summed E-state index contributed by atoms with van der Waals surface area (Å²) in [6.07, 6.45) is 0.724. The van der Waals surface area contributed by atoms with Gasteiger partial charge in [-0.25, -0.2) is 21.6 Å². The summed E-state index contributed by atoms with van der Waals surface area (Å²) in [7, 11) is -1.30. The van der Waals surface area contributed by atoms with Crippen molar-refractivity contribution in [2.75, 3.05) is 32.6 Å². The maximum Gasteiger partial charge on any atom is 0.246 e. The molecule has 11 heteroatoms. The van der Waals surface area contributed by atoms with Crippen LogP contribution in [0, 0.1) is 23.4 Å². The molecule has 0 bridgehead atoms. The minimum Gasteiger partial charge on any atom is -0.497 e. The number of halogens is 3. The fourth-order valence-corrected chi connectivity index (χ4v) is 5.05. The lowest BCUT2D eigenvalue weighted by molar-refractivity contribution is -0.120. The predicted molar refractivity (Wildman–Crippen MR) is 106 cm³/mol. The molecule has 3 rings (SSSR count). The molecule has 1 aliphatic heterocycles. The monoisotopic (exact) mass is 458 g/mol. The molecule has 168 valence electrons. The normalized spacial score (nSPS) is 17.3. The van der Waals surface area contributed by atoms with Crippen molar-refractivity contribution < 1.29 is 35.9 Å². The Morgan fingerprint density at radius 3 is 2.52 bits per heavy atom. The highest BCUT2D eigenvalue weighted by Gasteiger charge is 2.35. The fourth-order valence-electron chi connectivity index (χ4n) is 3.36. The molecule has 1 N–H and O–H groups in total. The molecule has 2 aromatic rings. The maximum atomic E-state index is 13.9. The molecule has 1 fully saturated rings. The number of nitrogens with zero attached hydrogens (tertiary/aromatic N) is 1. The van der Waals surface area contributed by atoms with E-state index in [0.29, 0.717) is 24.7 Å². The minimum atomic E-state index is -4.03. The van der Waals surface area contributed by atoms with Crippen LogP contribution < -0.4 is 14.8 Å². The molecular weight excluding hydrogens is 437 g/mol. The number of benzene rings is 2. The number of nitrogens with one attached hydrogen (secondary N) is 1. The van der Waals surface area contributed by atoms with Crippen molar-refractivity contribution in [3.63, 3.8) is 0 Å². The van der Waals surface area contributed by atoms with Crippen LogP contribution in [-0.4, -0.2) is 45.9 Å². The Labute approximate surface area is 177 Å². The van der Waals surface area contributed by atoms with Crippen LogP contribution in [-0.2, 0) is 14.8 Å². The first kappa shape index (κ1) is 22.9. The van der Waals surface area contributed by atoms with E-state index in [1.54, 1.807) is 6.07 Å². The predicted octanol–water partition coefficient (Wildman–Crippen LogP) is 3.16. The Bertz CT molecular complexity index is 1090. The average Bonchev–Trinajstić information content (AvgIpc) is 2.79. The van der Waals surface area contributed by atoms with Gasteiger partial charge in [0.1, 0.15) is 16.4 Å². The average molecular weight is 458 g/mol. The Balaban J connectivity index is 1.82. The van der Waals surface area contributed by atoms with Crippen molar-refractivity contribution in [3.05, 3.63) is 47.8 Å². The van der Waals surface area contributed by atoms with Gasteiger partial charge in [0.15, 0.2) is 17.5 Å². The van der Waals surface area contributed by atoms with Crippen molar-refractivity contribution in [1.29, 1.82) is 0 Å². The van der Waals surface area contributed by atoms with Crippen molar-refractivity contribution in [3.8, 4) is 11.5 Å². The van der Waals surface area contributed by atoms with Gasteiger partial charge in [-0.15, -0.1) is 0 Å². The van der Waals surface area contributed by atoms with Crippen LogP contribution in [0.4, 0.5) is 18.9 Å². The Morgan fingerprint density at radius 1 is 1.10 bits per heavy atom. The van der Waals surface area contributed by atoms with Gasteiger partial charge >= 0.3 is 0 Å². The summed E-state index contributed by atoms with van der Waals surface area (Å²) < 4.78 is 78.2. The molecule has 0 radical (unpaired) electrons. The van der Waals surface area contributed by atoms with Gasteiger partial charge in [0, 0.05) is 19.2 Å². The zero-order valence-corrected chi connectivity index (χ0v) is 17.6. The topological polar surface area (TPSA) is 84.9 Å². The summed E-state index contributed by atoms with van der Waals surface area (Å²) in [5.41, 5.74) is -0.515. The summed E-state index contributed by atoms with van der Waals surface area (Å²) in [4.78, 5) is 12.5. The van der Waals surface area contributed by atoms with Crippen LogP contribution >= 0.6 is 0 Å². The zero-order chi connectivity index (χ0) is 22.8. The van der Waals surface area contributed by atoms with E-state index in [1.165, 1.54) is 26.4 Å². The lowest BCUT2D eigenvalue weighted by atomic mass is 9.98. The summed E-state index contributed by atoms with van der Waals surface area (Å²) in [6, 6.07) is 5.95. The smallest absolute Gasteiger partial charge is 0.246 e. The number of hydrogen-bond donors (Lipinski definition) is 1. The number of piperidine rings is 1. The highest BCUT2D eigenvalue weighted by Crippen LogP contribution is 2.33. The van der Waals surface area contributed by atoms with E-state index in [0.717, 1.165) is 10.4 Å². The third kappa shape index (κ3) is 4.62. The van der Waals surface area contributed by atoms with E-state index in [4.69, 9.17) is 9.47 Å². The van der Waals surface area contributed by atoms with Gasteiger partial charge in [0.25, 0.3) is 0 Å². The molecule has 0 spiro atoms. The van der Waals surface area contributed by atoms with E-state index in [1.807, 2.05) is 0 Å². The first-order chi connectivity index (χ1) is 14.7. The summed E-state index contributed by atoms with van der Waals surface area (Å²) in [5, 5.41) is 2.21. The van der Waals surface area contributed by atoms with Crippen molar-refractivity contribution >= 4 is 21.6 Å². The standard InChI is InChI=1S/C20H21F3N2O5S/c1-29-13-5-8-16(30-2)17(10-13)31(27,28)25-9-3-4-12(11-25)20(26)24-15-7-6-14(21)18(22)19(15)23/h5-8,10,12H,3-4,9,11H2,1-2H3,(H,24,26)/t12-/m0/s1. The number of sulfonamides is 1. The maximum absolute atomic E-state index is 13.9. The number of hydrogen-bond acceptors (Lipinski definition) is 5. The number of ether oxygens (including phenoxy) is 2. The van der Waals surface area contributed by atoms with Gasteiger partial charge in [-0.05, 0) is 37.1 Å². The van der Waals surface area contributed by atoms with E-state index >= 15 is 0 Å². The van der Waals surface area contributed by atoms with Gasteiger partial charge in [-0.2, -0.15) is 4.31 Å². The van der Waals surface area contributed by atoms with Crippen LogP contribution in [0.3, 0.4) is 0 Å². The molecule has 31 heavy (non-hydrogen) atoms. The summed E-state index contributed by atoms with van der Waals surface area (Å²) in [5.74, 6) is -5.66. The largest absolute Gasteiger partial charge is 0.497 e. The van der Waals surface area contributed by atoms with E-state index < -0.39 is 45.0 Å². The van der Waals surface area contributed by atoms with E-state index in [9.17, 15) is 26.4 Å². The number of methoxy groups -OCH3 is 2.